The van der Waals surface area contributed by atoms with E-state index in [-0.39, 0.29) is 5.56 Å². The standard InChI is InChI=1S/C24H22N4O.C2H4O2/c1-15-22(18-9-4-5-10-21(18)28(15)12-6-11-25)23-24(29)27-20-14-17-8-3-2-7-16(17)13-19(20)26-23;1-2(3)4/h2-5,7-10,13-14H,6,11-12,25H2,1H3,(H,27,29);1H3,(H,3,4). The van der Waals surface area contributed by atoms with Gasteiger partial charge in [-0.2, -0.15) is 0 Å². The van der Waals surface area contributed by atoms with E-state index in [1.165, 1.54) is 0 Å². The van der Waals surface area contributed by atoms with Crippen molar-refractivity contribution in [3.63, 3.8) is 0 Å². The number of aryl methyl sites for hydroxylation is 1. The molecule has 3 aromatic carbocycles. The lowest BCUT2D eigenvalue weighted by Gasteiger charge is -2.08. The maximum absolute atomic E-state index is 13.0. The number of H-pyrrole nitrogens is 1. The molecule has 168 valence electrons. The Bertz CT molecular complexity index is 1530. The Hall–Kier alpha value is -3.97. The van der Waals surface area contributed by atoms with Gasteiger partial charge in [0.25, 0.3) is 11.5 Å². The number of aromatic amines is 1. The molecule has 0 unspecified atom stereocenters. The van der Waals surface area contributed by atoms with Crippen molar-refractivity contribution in [3.8, 4) is 11.3 Å². The minimum absolute atomic E-state index is 0.169. The molecular formula is C26H26N4O3. The molecule has 0 bridgehead atoms. The third-order valence-electron chi connectivity index (χ3n) is 5.61. The third kappa shape index (κ3) is 4.36. The first-order valence-corrected chi connectivity index (χ1v) is 10.8. The predicted molar refractivity (Wildman–Crippen MR) is 133 cm³/mol. The SMILES string of the molecule is CC(=O)O.Cc1c(-c2nc3cc4ccccc4cc3[nH]c2=O)c2ccccc2n1CCCN. The Morgan fingerprint density at radius 1 is 1.09 bits per heavy atom. The van der Waals surface area contributed by atoms with E-state index in [9.17, 15) is 4.79 Å². The van der Waals surface area contributed by atoms with Crippen LogP contribution in [0.25, 0.3) is 44.0 Å². The van der Waals surface area contributed by atoms with Crippen LogP contribution in [0.15, 0.2) is 65.5 Å². The second kappa shape index (κ2) is 9.26. The molecule has 2 aromatic heterocycles. The summed E-state index contributed by atoms with van der Waals surface area (Å²) in [5, 5.41) is 10.6. The van der Waals surface area contributed by atoms with E-state index in [1.54, 1.807) is 0 Å². The number of nitrogens with one attached hydrogen (secondary N) is 1. The Labute approximate surface area is 190 Å². The van der Waals surface area contributed by atoms with Crippen LogP contribution in [0.3, 0.4) is 0 Å². The fraction of sp³-hybridized carbons (Fsp3) is 0.192. The Balaban J connectivity index is 0.000000601. The molecule has 2 heterocycles. The van der Waals surface area contributed by atoms with Crippen LogP contribution >= 0.6 is 0 Å². The van der Waals surface area contributed by atoms with Crippen LogP contribution in [0.2, 0.25) is 0 Å². The molecule has 7 nitrogen and oxygen atoms in total. The molecule has 0 radical (unpaired) electrons. The molecule has 0 amide bonds. The second-order valence-electron chi connectivity index (χ2n) is 7.92. The maximum Gasteiger partial charge on any atom is 0.300 e. The maximum atomic E-state index is 13.0. The zero-order chi connectivity index (χ0) is 23.5. The number of hydrogen-bond acceptors (Lipinski definition) is 4. The molecule has 5 rings (SSSR count). The van der Waals surface area contributed by atoms with Gasteiger partial charge in [0.1, 0.15) is 5.69 Å². The van der Waals surface area contributed by atoms with E-state index in [0.717, 1.165) is 63.9 Å². The molecule has 4 N–H and O–H groups in total. The highest BCUT2D eigenvalue weighted by Gasteiger charge is 2.19. The second-order valence-corrected chi connectivity index (χ2v) is 7.92. The highest BCUT2D eigenvalue weighted by molar-refractivity contribution is 5.99. The van der Waals surface area contributed by atoms with Gasteiger partial charge in [-0.3, -0.25) is 9.59 Å². The van der Waals surface area contributed by atoms with Crippen molar-refractivity contribution >= 4 is 38.7 Å². The van der Waals surface area contributed by atoms with Crippen molar-refractivity contribution in [1.82, 2.24) is 14.5 Å². The first-order chi connectivity index (χ1) is 15.9. The van der Waals surface area contributed by atoms with E-state index >= 15 is 0 Å². The largest absolute Gasteiger partial charge is 0.481 e. The lowest BCUT2D eigenvalue weighted by Crippen LogP contribution is -2.12. The summed E-state index contributed by atoms with van der Waals surface area (Å²) in [4.78, 5) is 29.9. The van der Waals surface area contributed by atoms with Gasteiger partial charge in [-0.05, 0) is 48.9 Å². The summed E-state index contributed by atoms with van der Waals surface area (Å²) in [7, 11) is 0. The summed E-state index contributed by atoms with van der Waals surface area (Å²) in [6, 6.07) is 20.3. The highest BCUT2D eigenvalue weighted by Crippen LogP contribution is 2.33. The van der Waals surface area contributed by atoms with Gasteiger partial charge in [0.15, 0.2) is 0 Å². The van der Waals surface area contributed by atoms with Gasteiger partial charge in [0.2, 0.25) is 0 Å². The first-order valence-electron chi connectivity index (χ1n) is 10.8. The summed E-state index contributed by atoms with van der Waals surface area (Å²) >= 11 is 0. The van der Waals surface area contributed by atoms with Crippen molar-refractivity contribution in [2.45, 2.75) is 26.8 Å². The summed E-state index contributed by atoms with van der Waals surface area (Å²) < 4.78 is 2.24. The number of nitrogens with zero attached hydrogens (tertiary/aromatic N) is 2. The quantitative estimate of drug-likeness (QED) is 0.356. The fourth-order valence-electron chi connectivity index (χ4n) is 4.21. The predicted octanol–water partition coefficient (Wildman–Crippen LogP) is 4.45. The van der Waals surface area contributed by atoms with Gasteiger partial charge in [-0.15, -0.1) is 0 Å². The first kappa shape index (κ1) is 22.2. The average molecular weight is 443 g/mol. The van der Waals surface area contributed by atoms with Crippen LogP contribution in [0.4, 0.5) is 0 Å². The van der Waals surface area contributed by atoms with E-state index in [4.69, 9.17) is 20.6 Å². The molecular weight excluding hydrogens is 416 g/mol. The normalized spacial score (nSPS) is 11.0. The minimum atomic E-state index is -0.833. The fourth-order valence-corrected chi connectivity index (χ4v) is 4.21. The minimum Gasteiger partial charge on any atom is -0.481 e. The van der Waals surface area contributed by atoms with Crippen LogP contribution in [-0.2, 0) is 11.3 Å². The molecule has 0 atom stereocenters. The molecule has 0 spiro atoms. The molecule has 0 saturated carbocycles. The Morgan fingerprint density at radius 3 is 2.42 bits per heavy atom. The van der Waals surface area contributed by atoms with Crippen LogP contribution in [0.5, 0.6) is 0 Å². The number of nitrogens with two attached hydrogens (primary N) is 1. The number of carboxylic acid groups (broad SMARTS) is 1. The molecule has 7 heteroatoms. The van der Waals surface area contributed by atoms with Gasteiger partial charge in [-0.1, -0.05) is 42.5 Å². The van der Waals surface area contributed by atoms with E-state index in [2.05, 4.69) is 34.7 Å². The van der Waals surface area contributed by atoms with Crippen LogP contribution in [-0.4, -0.2) is 32.2 Å². The number of carboxylic acids is 1. The molecule has 0 aliphatic heterocycles. The summed E-state index contributed by atoms with van der Waals surface area (Å²) in [6.45, 7) is 4.58. The molecule has 33 heavy (non-hydrogen) atoms. The van der Waals surface area contributed by atoms with E-state index in [1.807, 2.05) is 42.5 Å². The number of hydrogen-bond donors (Lipinski definition) is 3. The number of benzene rings is 3. The lowest BCUT2D eigenvalue weighted by atomic mass is 10.1. The van der Waals surface area contributed by atoms with E-state index in [0.29, 0.717) is 12.2 Å². The van der Waals surface area contributed by atoms with Gasteiger partial charge in [-0.25, -0.2) is 4.98 Å². The molecule has 0 saturated heterocycles. The molecule has 0 aliphatic carbocycles. The van der Waals surface area contributed by atoms with Crippen LogP contribution in [0.1, 0.15) is 19.0 Å². The van der Waals surface area contributed by atoms with Gasteiger partial charge < -0.3 is 20.4 Å². The number of carbonyl (C=O) groups is 1. The summed E-state index contributed by atoms with van der Waals surface area (Å²) in [6.07, 6.45) is 0.881. The summed E-state index contributed by atoms with van der Waals surface area (Å²) in [5.41, 5.74) is 10.6. The van der Waals surface area contributed by atoms with Gasteiger partial charge in [0.05, 0.1) is 11.0 Å². The number of para-hydroxylation sites is 1. The van der Waals surface area contributed by atoms with Crippen LogP contribution < -0.4 is 11.3 Å². The van der Waals surface area contributed by atoms with E-state index < -0.39 is 5.97 Å². The van der Waals surface area contributed by atoms with Crippen molar-refractivity contribution in [3.05, 3.63) is 76.7 Å². The van der Waals surface area contributed by atoms with Crippen molar-refractivity contribution in [1.29, 1.82) is 0 Å². The number of rotatable bonds is 4. The lowest BCUT2D eigenvalue weighted by molar-refractivity contribution is -0.134. The number of fused-ring (bicyclic) bond motifs is 3. The summed E-state index contributed by atoms with van der Waals surface area (Å²) in [5.74, 6) is -0.833. The highest BCUT2D eigenvalue weighted by atomic mass is 16.4. The van der Waals surface area contributed by atoms with Gasteiger partial charge in [0, 0.05) is 35.6 Å². The Kier molecular flexibility index (Phi) is 6.24. The zero-order valence-corrected chi connectivity index (χ0v) is 18.6. The zero-order valence-electron chi connectivity index (χ0n) is 18.6. The van der Waals surface area contributed by atoms with Crippen molar-refractivity contribution < 1.29 is 9.90 Å². The molecule has 0 fully saturated rings. The third-order valence-corrected chi connectivity index (χ3v) is 5.61. The number of aliphatic carboxylic acids is 1. The number of aromatic nitrogens is 3. The molecule has 5 aromatic rings. The average Bonchev–Trinajstić information content (AvgIpc) is 3.06. The molecule has 0 aliphatic rings. The smallest absolute Gasteiger partial charge is 0.300 e. The topological polar surface area (TPSA) is 114 Å². The van der Waals surface area contributed by atoms with Crippen LogP contribution in [0, 0.1) is 6.92 Å². The Morgan fingerprint density at radius 2 is 1.73 bits per heavy atom. The monoisotopic (exact) mass is 442 g/mol. The van der Waals surface area contributed by atoms with Crippen molar-refractivity contribution in [2.75, 3.05) is 6.54 Å². The van der Waals surface area contributed by atoms with Crippen molar-refractivity contribution in [2.24, 2.45) is 5.73 Å². The van der Waals surface area contributed by atoms with Gasteiger partial charge >= 0.3 is 0 Å².